The number of hydrogen-bond acceptors (Lipinski definition) is 4. The molecule has 0 radical (unpaired) electrons. The average molecular weight is 282 g/mol. The van der Waals surface area contributed by atoms with E-state index in [1.54, 1.807) is 13.8 Å². The van der Waals surface area contributed by atoms with Crippen LogP contribution in [0.1, 0.15) is 17.5 Å². The van der Waals surface area contributed by atoms with Crippen LogP contribution in [0.25, 0.3) is 0 Å². The molecule has 0 aliphatic heterocycles. The molecular formula is C12H14N2O4S. The lowest BCUT2D eigenvalue weighted by Gasteiger charge is -2.08. The van der Waals surface area contributed by atoms with Crippen LogP contribution in [0.4, 0.5) is 5.69 Å². The molecule has 1 N–H and O–H groups in total. The van der Waals surface area contributed by atoms with Gasteiger partial charge in [0.05, 0.1) is 4.92 Å². The lowest BCUT2D eigenvalue weighted by molar-refractivity contribution is -0.387. The van der Waals surface area contributed by atoms with Crippen LogP contribution in [0.2, 0.25) is 0 Å². The first kappa shape index (κ1) is 15.1. The fourth-order valence-corrected chi connectivity index (χ4v) is 2.73. The van der Waals surface area contributed by atoms with E-state index >= 15 is 0 Å². The second-order valence-electron chi connectivity index (χ2n) is 4.01. The monoisotopic (exact) mass is 282 g/mol. The van der Waals surface area contributed by atoms with Crippen molar-refractivity contribution in [2.75, 3.05) is 6.54 Å². The number of hydrogen-bond donors (Lipinski definition) is 1. The van der Waals surface area contributed by atoms with Crippen LogP contribution in [0.15, 0.2) is 17.0 Å². The predicted octanol–water partition coefficient (Wildman–Crippen LogP) is 1.51. The minimum Gasteiger partial charge on any atom is -0.258 e. The maximum Gasteiger partial charge on any atom is 0.289 e. The molecule has 1 aromatic rings. The van der Waals surface area contributed by atoms with E-state index in [9.17, 15) is 18.5 Å². The van der Waals surface area contributed by atoms with Crippen molar-refractivity contribution in [3.63, 3.8) is 0 Å². The quantitative estimate of drug-likeness (QED) is 0.383. The van der Waals surface area contributed by atoms with Crippen LogP contribution in [-0.2, 0) is 10.0 Å². The lowest BCUT2D eigenvalue weighted by atomic mass is 10.1. The molecule has 0 atom stereocenters. The summed E-state index contributed by atoms with van der Waals surface area (Å²) in [5, 5.41) is 10.9. The maximum atomic E-state index is 12.0. The molecule has 0 bridgehead atoms. The molecule has 0 aliphatic carbocycles. The molecule has 1 rings (SSSR count). The van der Waals surface area contributed by atoms with Crippen LogP contribution in [0.3, 0.4) is 0 Å². The number of nitrogens with one attached hydrogen (secondary N) is 1. The number of aryl methyl sites for hydroxylation is 2. The van der Waals surface area contributed by atoms with Crippen molar-refractivity contribution in [1.82, 2.24) is 4.72 Å². The molecular weight excluding hydrogens is 268 g/mol. The Morgan fingerprint density at radius 3 is 2.47 bits per heavy atom. The maximum absolute atomic E-state index is 12.0. The van der Waals surface area contributed by atoms with Crippen LogP contribution in [0.5, 0.6) is 0 Å². The van der Waals surface area contributed by atoms with E-state index in [1.165, 1.54) is 12.1 Å². The minimum absolute atomic E-state index is 0.0446. The molecule has 7 heteroatoms. The summed E-state index contributed by atoms with van der Waals surface area (Å²) in [4.78, 5) is 9.90. The van der Waals surface area contributed by atoms with Crippen molar-refractivity contribution in [3.8, 4) is 12.3 Å². The molecule has 0 unspecified atom stereocenters. The lowest BCUT2D eigenvalue weighted by Crippen LogP contribution is -2.25. The average Bonchev–Trinajstić information content (AvgIpc) is 2.31. The van der Waals surface area contributed by atoms with Crippen molar-refractivity contribution >= 4 is 15.7 Å². The van der Waals surface area contributed by atoms with Gasteiger partial charge in [-0.1, -0.05) is 0 Å². The normalized spacial score (nSPS) is 11.0. The number of sulfonamides is 1. The Kier molecular flexibility index (Phi) is 4.64. The van der Waals surface area contributed by atoms with Crippen molar-refractivity contribution in [3.05, 3.63) is 33.4 Å². The molecule has 0 saturated carbocycles. The van der Waals surface area contributed by atoms with E-state index in [2.05, 4.69) is 10.6 Å². The zero-order chi connectivity index (χ0) is 14.6. The van der Waals surface area contributed by atoms with Crippen LogP contribution in [-0.4, -0.2) is 19.9 Å². The topological polar surface area (TPSA) is 89.3 Å². The standard InChI is InChI=1S/C12H14N2O4S/c1-4-5-6-13-19(17,18)12-8-10(3)9(2)7-11(12)14(15)16/h1,7-8,13H,5-6H2,2-3H3. The Morgan fingerprint density at radius 1 is 1.37 bits per heavy atom. The summed E-state index contributed by atoms with van der Waals surface area (Å²) < 4.78 is 26.3. The smallest absolute Gasteiger partial charge is 0.258 e. The van der Waals surface area contributed by atoms with E-state index in [0.29, 0.717) is 11.1 Å². The molecule has 0 aliphatic rings. The van der Waals surface area contributed by atoms with Gasteiger partial charge in [-0.05, 0) is 31.0 Å². The molecule has 0 aromatic heterocycles. The first-order valence-corrected chi connectivity index (χ1v) is 6.96. The number of nitrogens with zero attached hydrogens (tertiary/aromatic N) is 1. The van der Waals surface area contributed by atoms with Gasteiger partial charge in [0, 0.05) is 19.0 Å². The van der Waals surface area contributed by atoms with Gasteiger partial charge in [0.1, 0.15) is 0 Å². The zero-order valence-electron chi connectivity index (χ0n) is 10.6. The molecule has 0 amide bonds. The molecule has 0 fully saturated rings. The number of rotatable bonds is 5. The summed E-state index contributed by atoms with van der Waals surface area (Å²) >= 11 is 0. The van der Waals surface area contributed by atoms with Gasteiger partial charge in [-0.25, -0.2) is 13.1 Å². The molecule has 0 spiro atoms. The highest BCUT2D eigenvalue weighted by Crippen LogP contribution is 2.27. The number of terminal acetylenes is 1. The Hall–Kier alpha value is -1.91. The van der Waals surface area contributed by atoms with Gasteiger partial charge in [0.15, 0.2) is 4.90 Å². The molecule has 102 valence electrons. The van der Waals surface area contributed by atoms with Crippen molar-refractivity contribution in [1.29, 1.82) is 0 Å². The van der Waals surface area contributed by atoms with E-state index in [-0.39, 0.29) is 17.9 Å². The van der Waals surface area contributed by atoms with Crippen LogP contribution in [0, 0.1) is 36.3 Å². The second-order valence-corrected chi connectivity index (χ2v) is 5.75. The SMILES string of the molecule is C#CCCNS(=O)(=O)c1cc(C)c(C)cc1[N+](=O)[O-]. The molecule has 19 heavy (non-hydrogen) atoms. The fourth-order valence-electron chi connectivity index (χ4n) is 1.47. The highest BCUT2D eigenvalue weighted by Gasteiger charge is 2.26. The highest BCUT2D eigenvalue weighted by molar-refractivity contribution is 7.89. The van der Waals surface area contributed by atoms with Gasteiger partial charge < -0.3 is 0 Å². The predicted molar refractivity (Wildman–Crippen MR) is 71.2 cm³/mol. The van der Waals surface area contributed by atoms with E-state index < -0.39 is 20.6 Å². The van der Waals surface area contributed by atoms with Gasteiger partial charge in [0.25, 0.3) is 5.69 Å². The van der Waals surface area contributed by atoms with Gasteiger partial charge in [-0.15, -0.1) is 12.3 Å². The summed E-state index contributed by atoms with van der Waals surface area (Å²) in [5.41, 5.74) is 0.897. The summed E-state index contributed by atoms with van der Waals surface area (Å²) in [6, 6.07) is 2.55. The zero-order valence-corrected chi connectivity index (χ0v) is 11.5. The molecule has 1 aromatic carbocycles. The third kappa shape index (κ3) is 3.53. The summed E-state index contributed by atoms with van der Waals surface area (Å²) in [6.07, 6.45) is 5.25. The van der Waals surface area contributed by atoms with Gasteiger partial charge in [0.2, 0.25) is 10.0 Å². The number of benzene rings is 1. The number of nitro groups is 1. The summed E-state index contributed by atoms with van der Waals surface area (Å²) in [5.74, 6) is 2.29. The number of nitro benzene ring substituents is 1. The Balaban J connectivity index is 3.29. The Morgan fingerprint density at radius 2 is 1.95 bits per heavy atom. The Labute approximate surface area is 112 Å². The summed E-state index contributed by atoms with van der Waals surface area (Å²) in [7, 11) is -3.93. The molecule has 0 saturated heterocycles. The molecule has 0 heterocycles. The van der Waals surface area contributed by atoms with Crippen molar-refractivity contribution < 1.29 is 13.3 Å². The van der Waals surface area contributed by atoms with E-state index in [4.69, 9.17) is 6.42 Å². The van der Waals surface area contributed by atoms with E-state index in [1.807, 2.05) is 0 Å². The third-order valence-corrected chi connectivity index (χ3v) is 4.11. The van der Waals surface area contributed by atoms with Gasteiger partial charge in [-0.3, -0.25) is 10.1 Å². The Bertz CT molecular complexity index is 644. The van der Waals surface area contributed by atoms with Crippen molar-refractivity contribution in [2.24, 2.45) is 0 Å². The van der Waals surface area contributed by atoms with Crippen LogP contribution >= 0.6 is 0 Å². The second kappa shape index (κ2) is 5.82. The van der Waals surface area contributed by atoms with Crippen molar-refractivity contribution in [2.45, 2.75) is 25.2 Å². The molecule has 6 nitrogen and oxygen atoms in total. The van der Waals surface area contributed by atoms with Crippen LogP contribution < -0.4 is 4.72 Å². The first-order valence-electron chi connectivity index (χ1n) is 5.48. The van der Waals surface area contributed by atoms with E-state index in [0.717, 1.165) is 0 Å². The largest absolute Gasteiger partial charge is 0.289 e. The minimum atomic E-state index is -3.93. The highest BCUT2D eigenvalue weighted by atomic mass is 32.2. The van der Waals surface area contributed by atoms with Gasteiger partial charge in [-0.2, -0.15) is 0 Å². The third-order valence-electron chi connectivity index (χ3n) is 2.62. The first-order chi connectivity index (χ1) is 8.79. The fraction of sp³-hybridized carbons (Fsp3) is 0.333. The summed E-state index contributed by atoms with van der Waals surface area (Å²) in [6.45, 7) is 3.42. The van der Waals surface area contributed by atoms with Gasteiger partial charge >= 0.3 is 0 Å².